The highest BCUT2D eigenvalue weighted by Gasteiger charge is 2.16. The maximum atomic E-state index is 4.36. The minimum absolute atomic E-state index is 0.503. The number of rotatable bonds is 9. The van der Waals surface area contributed by atoms with Gasteiger partial charge in [0.15, 0.2) is 0 Å². The van der Waals surface area contributed by atoms with E-state index in [4.69, 9.17) is 0 Å². The van der Waals surface area contributed by atoms with Crippen LogP contribution in [0.4, 0.5) is 0 Å². The van der Waals surface area contributed by atoms with Gasteiger partial charge in [-0.25, -0.2) is 4.98 Å². The quantitative estimate of drug-likeness (QED) is 0.755. The zero-order chi connectivity index (χ0) is 15.1. The number of nitrogens with one attached hydrogen (secondary N) is 1. The van der Waals surface area contributed by atoms with Crippen LogP contribution in [0, 0.1) is 11.8 Å². The van der Waals surface area contributed by atoms with E-state index < -0.39 is 0 Å². The maximum absolute atomic E-state index is 4.36. The van der Waals surface area contributed by atoms with Crippen molar-refractivity contribution < 1.29 is 0 Å². The topological polar surface area (TPSA) is 33.1 Å². The molecular weight excluding hydrogens is 248 g/mol. The Balaban J connectivity index is 2.72. The molecule has 0 spiro atoms. The van der Waals surface area contributed by atoms with Crippen molar-refractivity contribution in [3.63, 3.8) is 0 Å². The van der Waals surface area contributed by atoms with E-state index in [1.54, 1.807) is 0 Å². The Morgan fingerprint density at radius 3 is 2.45 bits per heavy atom. The molecular formula is C16H32N4. The highest BCUT2D eigenvalue weighted by atomic mass is 15.2. The van der Waals surface area contributed by atoms with Gasteiger partial charge in [-0.05, 0) is 38.9 Å². The van der Waals surface area contributed by atoms with E-state index >= 15 is 0 Å². The van der Waals surface area contributed by atoms with Crippen molar-refractivity contribution in [3.8, 4) is 0 Å². The summed E-state index contributed by atoms with van der Waals surface area (Å²) in [7, 11) is 4.28. The minimum Gasteiger partial charge on any atom is -0.329 e. The van der Waals surface area contributed by atoms with Crippen molar-refractivity contribution in [1.29, 1.82) is 0 Å². The second-order valence-electron chi connectivity index (χ2n) is 6.86. The van der Waals surface area contributed by atoms with Gasteiger partial charge in [0.25, 0.3) is 0 Å². The van der Waals surface area contributed by atoms with E-state index in [0.29, 0.717) is 17.9 Å². The molecule has 0 fully saturated rings. The Bertz CT molecular complexity index is 358. The van der Waals surface area contributed by atoms with Crippen LogP contribution in [0.5, 0.6) is 0 Å². The zero-order valence-electron chi connectivity index (χ0n) is 14.1. The molecule has 0 aliphatic rings. The van der Waals surface area contributed by atoms with E-state index in [1.165, 1.54) is 12.1 Å². The number of hydrogen-bond acceptors (Lipinski definition) is 3. The van der Waals surface area contributed by atoms with Crippen molar-refractivity contribution in [2.45, 2.75) is 46.7 Å². The lowest BCUT2D eigenvalue weighted by atomic mass is 10.0. The zero-order valence-corrected chi connectivity index (χ0v) is 14.1. The fourth-order valence-corrected chi connectivity index (χ4v) is 2.53. The second-order valence-corrected chi connectivity index (χ2v) is 6.86. The monoisotopic (exact) mass is 280 g/mol. The third-order valence-corrected chi connectivity index (χ3v) is 3.32. The summed E-state index contributed by atoms with van der Waals surface area (Å²) in [5.41, 5.74) is 1.29. The third kappa shape index (κ3) is 6.06. The Kier molecular flexibility index (Phi) is 7.24. The molecule has 1 rings (SSSR count). The van der Waals surface area contributed by atoms with E-state index in [0.717, 1.165) is 19.6 Å². The molecule has 1 unspecified atom stereocenters. The molecule has 4 nitrogen and oxygen atoms in total. The number of aromatic nitrogens is 2. The lowest BCUT2D eigenvalue weighted by Crippen LogP contribution is -2.28. The van der Waals surface area contributed by atoms with Gasteiger partial charge in [-0.1, -0.05) is 27.7 Å². The van der Waals surface area contributed by atoms with E-state index in [-0.39, 0.29) is 0 Å². The van der Waals surface area contributed by atoms with Gasteiger partial charge in [0.05, 0.1) is 12.0 Å². The fraction of sp³-hybridized carbons (Fsp3) is 0.812. The first-order valence-electron chi connectivity index (χ1n) is 7.76. The molecule has 1 heterocycles. The van der Waals surface area contributed by atoms with Crippen LogP contribution in [0.25, 0.3) is 0 Å². The van der Waals surface area contributed by atoms with Crippen molar-refractivity contribution in [2.75, 3.05) is 27.2 Å². The molecule has 20 heavy (non-hydrogen) atoms. The summed E-state index contributed by atoms with van der Waals surface area (Å²) in [6.07, 6.45) is 5.17. The van der Waals surface area contributed by atoms with Crippen LogP contribution in [0.15, 0.2) is 12.5 Å². The van der Waals surface area contributed by atoms with Crippen LogP contribution in [-0.2, 0) is 6.54 Å². The molecule has 0 aliphatic carbocycles. The first-order chi connectivity index (χ1) is 9.40. The lowest BCUT2D eigenvalue weighted by molar-refractivity contribution is 0.283. The molecule has 1 N–H and O–H groups in total. The van der Waals surface area contributed by atoms with Crippen LogP contribution in [0.1, 0.15) is 45.9 Å². The molecule has 1 atom stereocenters. The summed E-state index contributed by atoms with van der Waals surface area (Å²) >= 11 is 0. The van der Waals surface area contributed by atoms with Crippen molar-refractivity contribution in [1.82, 2.24) is 19.8 Å². The first-order valence-corrected chi connectivity index (χ1v) is 7.76. The predicted molar refractivity (Wildman–Crippen MR) is 85.8 cm³/mol. The molecule has 0 bridgehead atoms. The van der Waals surface area contributed by atoms with Gasteiger partial charge in [0.1, 0.15) is 0 Å². The van der Waals surface area contributed by atoms with E-state index in [2.05, 4.69) is 61.6 Å². The number of imidazole rings is 1. The van der Waals surface area contributed by atoms with Crippen LogP contribution in [0.2, 0.25) is 0 Å². The number of hydrogen-bond donors (Lipinski definition) is 1. The van der Waals surface area contributed by atoms with Gasteiger partial charge in [-0.2, -0.15) is 0 Å². The summed E-state index contributed by atoms with van der Waals surface area (Å²) in [5, 5.41) is 3.51. The van der Waals surface area contributed by atoms with Gasteiger partial charge >= 0.3 is 0 Å². The minimum atomic E-state index is 0.503. The van der Waals surface area contributed by atoms with Crippen LogP contribution >= 0.6 is 0 Å². The van der Waals surface area contributed by atoms with Crippen molar-refractivity contribution in [3.05, 3.63) is 18.2 Å². The predicted octanol–water partition coefficient (Wildman–Crippen LogP) is 2.78. The molecule has 0 amide bonds. The van der Waals surface area contributed by atoms with Crippen molar-refractivity contribution >= 4 is 0 Å². The van der Waals surface area contributed by atoms with Crippen LogP contribution in [0.3, 0.4) is 0 Å². The van der Waals surface area contributed by atoms with Crippen LogP contribution < -0.4 is 5.32 Å². The molecule has 1 aromatic rings. The second kappa shape index (κ2) is 8.42. The highest BCUT2D eigenvalue weighted by Crippen LogP contribution is 2.20. The summed E-state index contributed by atoms with van der Waals surface area (Å²) in [4.78, 5) is 6.62. The molecule has 116 valence electrons. The SMILES string of the molecule is CC(C)CNCc1cncn1C(CC(C)C)CN(C)C. The van der Waals surface area contributed by atoms with Crippen molar-refractivity contribution in [2.24, 2.45) is 11.8 Å². The van der Waals surface area contributed by atoms with Gasteiger partial charge in [0, 0.05) is 25.3 Å². The van der Waals surface area contributed by atoms with Gasteiger partial charge in [-0.3, -0.25) is 0 Å². The Hall–Kier alpha value is -0.870. The molecule has 0 saturated heterocycles. The smallest absolute Gasteiger partial charge is 0.0951 e. The summed E-state index contributed by atoms with van der Waals surface area (Å²) < 4.78 is 2.35. The molecule has 0 saturated carbocycles. The normalized spacial score (nSPS) is 13.7. The first kappa shape index (κ1) is 17.2. The molecule has 1 aromatic heterocycles. The number of nitrogens with zero attached hydrogens (tertiary/aromatic N) is 3. The summed E-state index contributed by atoms with van der Waals surface area (Å²) in [6, 6.07) is 0.503. The maximum Gasteiger partial charge on any atom is 0.0951 e. The number of likely N-dealkylation sites (N-methyl/N-ethyl adjacent to an activating group) is 1. The Labute approximate surface area is 124 Å². The average Bonchev–Trinajstić information content (AvgIpc) is 2.74. The van der Waals surface area contributed by atoms with Gasteiger partial charge in [-0.15, -0.1) is 0 Å². The summed E-state index contributed by atoms with van der Waals surface area (Å²) in [5.74, 6) is 1.37. The summed E-state index contributed by atoms with van der Waals surface area (Å²) in [6.45, 7) is 12.1. The van der Waals surface area contributed by atoms with E-state index in [9.17, 15) is 0 Å². The van der Waals surface area contributed by atoms with Gasteiger partial charge in [0.2, 0.25) is 0 Å². The molecule has 4 heteroatoms. The lowest BCUT2D eigenvalue weighted by Gasteiger charge is -2.26. The molecule has 0 aliphatic heterocycles. The fourth-order valence-electron chi connectivity index (χ4n) is 2.53. The highest BCUT2D eigenvalue weighted by molar-refractivity contribution is 5.01. The van der Waals surface area contributed by atoms with E-state index in [1.807, 2.05) is 12.5 Å². The standard InChI is InChI=1S/C16H32N4/c1-13(2)7-15(11-19(5)6)20-12-18-10-16(20)9-17-8-14(3)4/h10,12-15,17H,7-9,11H2,1-6H3. The Morgan fingerprint density at radius 1 is 1.20 bits per heavy atom. The van der Waals surface area contributed by atoms with Gasteiger partial charge < -0.3 is 14.8 Å². The average molecular weight is 280 g/mol. The van der Waals surface area contributed by atoms with Crippen LogP contribution in [-0.4, -0.2) is 41.6 Å². The third-order valence-electron chi connectivity index (χ3n) is 3.32. The Morgan fingerprint density at radius 2 is 1.90 bits per heavy atom. The largest absolute Gasteiger partial charge is 0.329 e. The molecule has 0 aromatic carbocycles. The molecule has 0 radical (unpaired) electrons.